The lowest BCUT2D eigenvalue weighted by Gasteiger charge is -1.99. The summed E-state index contributed by atoms with van der Waals surface area (Å²) in [5.74, 6) is 0. The first-order valence-corrected chi connectivity index (χ1v) is 3.50. The van der Waals surface area contributed by atoms with Gasteiger partial charge >= 0.3 is 6.09 Å². The van der Waals surface area contributed by atoms with Crippen LogP contribution in [0.25, 0.3) is 0 Å². The zero-order valence-corrected chi connectivity index (χ0v) is 6.56. The number of ether oxygens (including phenoxy) is 1. The van der Waals surface area contributed by atoms with Gasteiger partial charge < -0.3 is 4.74 Å². The molecule has 0 aromatic heterocycles. The van der Waals surface area contributed by atoms with Crippen molar-refractivity contribution in [2.45, 2.75) is 6.61 Å². The standard InChI is InChI=1S/C9H9NO2/c1-10-9(11)12-7-8-5-3-2-4-6-8/h2-6H,1,7H2. The minimum Gasteiger partial charge on any atom is -0.443 e. The Balaban J connectivity index is 2.43. The molecule has 3 heteroatoms. The van der Waals surface area contributed by atoms with E-state index in [9.17, 15) is 4.79 Å². The molecule has 0 fully saturated rings. The molecule has 0 bridgehead atoms. The Kier molecular flexibility index (Phi) is 3.02. The quantitative estimate of drug-likeness (QED) is 0.625. The molecule has 12 heavy (non-hydrogen) atoms. The SMILES string of the molecule is C=NC(=O)OCc1ccccc1. The minimum absolute atomic E-state index is 0.249. The topological polar surface area (TPSA) is 38.7 Å². The molecular formula is C9H9NO2. The number of carbonyl (C=O) groups excluding carboxylic acids is 1. The predicted octanol–water partition coefficient (Wildman–Crippen LogP) is 2.02. The van der Waals surface area contributed by atoms with Crippen molar-refractivity contribution in [2.24, 2.45) is 4.99 Å². The Morgan fingerprint density at radius 2 is 2.08 bits per heavy atom. The fourth-order valence-corrected chi connectivity index (χ4v) is 0.765. The van der Waals surface area contributed by atoms with Crippen LogP contribution in [0.4, 0.5) is 4.79 Å². The lowest BCUT2D eigenvalue weighted by molar-refractivity contribution is 0.151. The number of nitrogens with zero attached hydrogens (tertiary/aromatic N) is 1. The van der Waals surface area contributed by atoms with E-state index in [1.807, 2.05) is 30.3 Å². The predicted molar refractivity (Wildman–Crippen MR) is 46.2 cm³/mol. The molecule has 1 amide bonds. The van der Waals surface area contributed by atoms with Gasteiger partial charge in [-0.3, -0.25) is 0 Å². The van der Waals surface area contributed by atoms with Crippen molar-refractivity contribution in [2.75, 3.05) is 0 Å². The van der Waals surface area contributed by atoms with Gasteiger partial charge in [0, 0.05) is 0 Å². The molecule has 62 valence electrons. The van der Waals surface area contributed by atoms with Crippen molar-refractivity contribution in [3.63, 3.8) is 0 Å². The van der Waals surface area contributed by atoms with Crippen LogP contribution in [0, 0.1) is 0 Å². The maximum absolute atomic E-state index is 10.5. The van der Waals surface area contributed by atoms with Crippen LogP contribution in [0.3, 0.4) is 0 Å². The van der Waals surface area contributed by atoms with Crippen LogP contribution >= 0.6 is 0 Å². The fourth-order valence-electron chi connectivity index (χ4n) is 0.765. The number of benzene rings is 1. The normalized spacial score (nSPS) is 9.00. The number of hydrogen-bond donors (Lipinski definition) is 0. The van der Waals surface area contributed by atoms with E-state index in [0.717, 1.165) is 5.56 Å². The van der Waals surface area contributed by atoms with E-state index in [2.05, 4.69) is 11.7 Å². The second kappa shape index (κ2) is 4.28. The van der Waals surface area contributed by atoms with Crippen LogP contribution in [0.5, 0.6) is 0 Å². The fraction of sp³-hybridized carbons (Fsp3) is 0.111. The van der Waals surface area contributed by atoms with Crippen molar-refractivity contribution in [3.8, 4) is 0 Å². The van der Waals surface area contributed by atoms with E-state index in [0.29, 0.717) is 0 Å². The first-order valence-electron chi connectivity index (χ1n) is 3.50. The lowest BCUT2D eigenvalue weighted by atomic mass is 10.2. The maximum Gasteiger partial charge on any atom is 0.433 e. The highest BCUT2D eigenvalue weighted by atomic mass is 16.5. The molecule has 0 aliphatic rings. The highest BCUT2D eigenvalue weighted by Crippen LogP contribution is 2.00. The van der Waals surface area contributed by atoms with Crippen molar-refractivity contribution in [3.05, 3.63) is 35.9 Å². The second-order valence-electron chi connectivity index (χ2n) is 2.20. The molecule has 0 radical (unpaired) electrons. The molecule has 1 rings (SSSR count). The number of amides is 1. The molecule has 1 aromatic rings. The van der Waals surface area contributed by atoms with Crippen LogP contribution in [0.1, 0.15) is 5.56 Å². The van der Waals surface area contributed by atoms with E-state index in [1.54, 1.807) is 0 Å². The van der Waals surface area contributed by atoms with Gasteiger partial charge in [-0.1, -0.05) is 30.3 Å². The highest BCUT2D eigenvalue weighted by molar-refractivity contribution is 5.72. The largest absolute Gasteiger partial charge is 0.443 e. The average Bonchev–Trinajstić information content (AvgIpc) is 2.16. The monoisotopic (exact) mass is 163 g/mol. The molecule has 0 aliphatic carbocycles. The van der Waals surface area contributed by atoms with Crippen molar-refractivity contribution < 1.29 is 9.53 Å². The summed E-state index contributed by atoms with van der Waals surface area (Å²) in [6, 6.07) is 9.40. The second-order valence-corrected chi connectivity index (χ2v) is 2.20. The van der Waals surface area contributed by atoms with Gasteiger partial charge in [0.05, 0.1) is 0 Å². The Morgan fingerprint density at radius 3 is 2.67 bits per heavy atom. The van der Waals surface area contributed by atoms with Crippen LogP contribution in [0.2, 0.25) is 0 Å². The summed E-state index contributed by atoms with van der Waals surface area (Å²) in [5, 5.41) is 0. The zero-order valence-electron chi connectivity index (χ0n) is 6.56. The number of rotatable bonds is 2. The van der Waals surface area contributed by atoms with Gasteiger partial charge in [-0.25, -0.2) is 4.79 Å². The number of hydrogen-bond acceptors (Lipinski definition) is 2. The summed E-state index contributed by atoms with van der Waals surface area (Å²) in [5.41, 5.74) is 0.939. The van der Waals surface area contributed by atoms with Crippen molar-refractivity contribution >= 4 is 12.8 Å². The molecule has 0 aliphatic heterocycles. The molecule has 3 nitrogen and oxygen atoms in total. The number of carbonyl (C=O) groups is 1. The first-order chi connectivity index (χ1) is 5.83. The van der Waals surface area contributed by atoms with Gasteiger partial charge in [0.2, 0.25) is 0 Å². The third kappa shape index (κ3) is 2.54. The molecule has 0 saturated heterocycles. The average molecular weight is 163 g/mol. The molecule has 0 heterocycles. The summed E-state index contributed by atoms with van der Waals surface area (Å²) in [4.78, 5) is 13.6. The zero-order chi connectivity index (χ0) is 8.81. The Hall–Kier alpha value is -1.64. The smallest absolute Gasteiger partial charge is 0.433 e. The van der Waals surface area contributed by atoms with Crippen molar-refractivity contribution in [1.82, 2.24) is 0 Å². The Morgan fingerprint density at radius 1 is 1.42 bits per heavy atom. The van der Waals surface area contributed by atoms with Crippen LogP contribution in [0.15, 0.2) is 35.3 Å². The first kappa shape index (κ1) is 8.46. The van der Waals surface area contributed by atoms with Gasteiger partial charge in [-0.05, 0) is 12.3 Å². The summed E-state index contributed by atoms with van der Waals surface area (Å²) < 4.78 is 4.71. The van der Waals surface area contributed by atoms with Crippen LogP contribution < -0.4 is 0 Å². The molecule has 0 spiro atoms. The number of aliphatic imine (C=N–C) groups is 1. The summed E-state index contributed by atoms with van der Waals surface area (Å²) in [6.45, 7) is 3.30. The Bertz CT molecular complexity index is 269. The Labute approximate surface area is 70.7 Å². The maximum atomic E-state index is 10.5. The van der Waals surface area contributed by atoms with E-state index in [-0.39, 0.29) is 6.61 Å². The summed E-state index contributed by atoms with van der Waals surface area (Å²) in [6.07, 6.45) is -0.640. The van der Waals surface area contributed by atoms with Crippen molar-refractivity contribution in [1.29, 1.82) is 0 Å². The van der Waals surface area contributed by atoms with E-state index in [4.69, 9.17) is 4.74 Å². The molecule has 0 unspecified atom stereocenters. The minimum atomic E-state index is -0.640. The third-order valence-electron chi connectivity index (χ3n) is 1.33. The lowest BCUT2D eigenvalue weighted by Crippen LogP contribution is -1.97. The van der Waals surface area contributed by atoms with E-state index in [1.165, 1.54) is 0 Å². The van der Waals surface area contributed by atoms with Gasteiger partial charge in [-0.2, -0.15) is 4.99 Å². The van der Waals surface area contributed by atoms with Crippen LogP contribution in [-0.4, -0.2) is 12.8 Å². The van der Waals surface area contributed by atoms with Gasteiger partial charge in [0.15, 0.2) is 0 Å². The van der Waals surface area contributed by atoms with Gasteiger partial charge in [0.25, 0.3) is 0 Å². The summed E-state index contributed by atoms with van der Waals surface area (Å²) in [7, 11) is 0. The van der Waals surface area contributed by atoms with Crippen LogP contribution in [-0.2, 0) is 11.3 Å². The molecule has 1 aromatic carbocycles. The molecule has 0 N–H and O–H groups in total. The van der Waals surface area contributed by atoms with Gasteiger partial charge in [0.1, 0.15) is 6.61 Å². The van der Waals surface area contributed by atoms with Gasteiger partial charge in [-0.15, -0.1) is 0 Å². The van der Waals surface area contributed by atoms with E-state index < -0.39 is 6.09 Å². The third-order valence-corrected chi connectivity index (χ3v) is 1.33. The van der Waals surface area contributed by atoms with E-state index >= 15 is 0 Å². The summed E-state index contributed by atoms with van der Waals surface area (Å²) >= 11 is 0. The molecule has 0 saturated carbocycles. The molecule has 0 atom stereocenters. The highest BCUT2D eigenvalue weighted by Gasteiger charge is 1.96. The molecular weight excluding hydrogens is 154 g/mol.